The minimum absolute atomic E-state index is 0. The van der Waals surface area contributed by atoms with Crippen LogP contribution in [-0.2, 0) is 134 Å². The van der Waals surface area contributed by atoms with E-state index in [4.69, 9.17) is 0 Å². The maximum absolute atomic E-state index is 12.1. The van der Waals surface area contributed by atoms with Crippen molar-refractivity contribution in [1.29, 1.82) is 0 Å². The number of aliphatic imine (C=N–C) groups is 6. The molecule has 0 saturated heterocycles. The van der Waals surface area contributed by atoms with Crippen LogP contribution in [0.25, 0.3) is 0 Å². The zero-order chi connectivity index (χ0) is 67.6. The van der Waals surface area contributed by atoms with Gasteiger partial charge < -0.3 is 61.2 Å². The number of amidine groups is 6. The van der Waals surface area contributed by atoms with E-state index in [1.165, 1.54) is 0 Å². The minimum atomic E-state index is -0.554. The molecule has 0 spiro atoms. The number of hydrogen-bond acceptors (Lipinski definition) is 18. The van der Waals surface area contributed by atoms with Crippen molar-refractivity contribution in [2.45, 2.75) is 233 Å². The standard InChI is InChI=1S/6C10H14N4O.6Ag/c6*1-9(2)10(3,4)14(15)8(12-9)7-5-6-11-13-7;;;;;;/h6*5-6H,1-4H3;;;;;;. The average Bonchev–Trinajstić information content (AvgIpc) is 1.65. The van der Waals surface area contributed by atoms with Gasteiger partial charge in [-0.1, -0.05) is 95.8 Å². The van der Waals surface area contributed by atoms with E-state index in [2.05, 4.69) is 91.1 Å². The Bertz CT molecular complexity index is 3260. The molecular weight excluding hydrogens is 1800 g/mol. The summed E-state index contributed by atoms with van der Waals surface area (Å²) in [4.78, 5) is 98.9. The third-order valence-corrected chi connectivity index (χ3v) is 19.7. The molecule has 6 aliphatic heterocycles. The number of hydrogen-bond donors (Lipinski definition) is 0. The van der Waals surface area contributed by atoms with Crippen LogP contribution >= 0.6 is 0 Å². The van der Waals surface area contributed by atoms with Gasteiger partial charge in [0.05, 0.1) is 0 Å². The molecule has 30 nitrogen and oxygen atoms in total. The summed E-state index contributed by atoms with van der Waals surface area (Å²) in [6.07, 6.45) is 9.36. The van der Waals surface area contributed by atoms with Gasteiger partial charge >= 0.3 is 35.0 Å². The summed E-state index contributed by atoms with van der Waals surface area (Å²) < 4.78 is 5.57. The van der Waals surface area contributed by atoms with Gasteiger partial charge in [0.25, 0.3) is 0 Å². The molecule has 0 N–H and O–H groups in total. The Morgan fingerprint density at radius 1 is 0.260 bits per heavy atom. The van der Waals surface area contributed by atoms with Gasteiger partial charge in [-0.05, 0) is 218 Å². The van der Waals surface area contributed by atoms with E-state index >= 15 is 0 Å². The van der Waals surface area contributed by atoms with Crippen molar-refractivity contribution < 1.29 is 163 Å². The topological polar surface area (TPSA) is 357 Å². The van der Waals surface area contributed by atoms with Crippen molar-refractivity contribution in [3.8, 4) is 0 Å². The molecule has 36 heteroatoms. The van der Waals surface area contributed by atoms with Gasteiger partial charge in [-0.3, -0.25) is 0 Å². The summed E-state index contributed by atoms with van der Waals surface area (Å²) in [5, 5.41) is 45.3. The zero-order valence-corrected chi connectivity index (χ0v) is 66.8. The summed E-state index contributed by atoms with van der Waals surface area (Å²) in [5.41, 5.74) is -2.54. The third kappa shape index (κ3) is 16.5. The molecule has 0 fully saturated rings. The fourth-order valence-corrected chi connectivity index (χ4v) is 8.84. The molecule has 0 amide bonds. The summed E-state index contributed by atoms with van der Waals surface area (Å²) >= 11 is 0. The Morgan fingerprint density at radius 3 is 0.542 bits per heavy atom. The van der Waals surface area contributed by atoms with E-state index in [0.29, 0.717) is 69.2 Å². The second kappa shape index (κ2) is 31.5. The zero-order valence-electron chi connectivity index (χ0n) is 57.9. The molecule has 0 aromatic carbocycles. The maximum Gasteiger partial charge on any atom is 0.381 e. The monoisotopic (exact) mass is 1880 g/mol. The molecule has 0 saturated carbocycles. The first-order chi connectivity index (χ1) is 41.2. The number of rotatable bonds is 6. The van der Waals surface area contributed by atoms with E-state index < -0.39 is 66.5 Å². The SMILES string of the molecule is CC1(C)N=C(c2cc[n-]n2)[N+](=O)C1(C)C.CC1(C)N=C(c2cc[n-]n2)[N+](=O)C1(C)C.CC1(C)N=C(c2ccn[n-]2)[N+](=O)C1(C)C.CC1(C)N=C(c2ccn[n-]2)[N+](=O)C1(C)C.CC1(C)N=C(c2ccn[n-]2)[N+](=O)C1(C)C.CC1(C)N=C(c2ccn[n-]2)[N+](=O)C1(C)C.[Ag].[Ag].[Ag].[Ag].[Ag].[Ag]. The third-order valence-electron chi connectivity index (χ3n) is 19.7. The Morgan fingerprint density at radius 2 is 0.427 bits per heavy atom. The molecule has 546 valence electrons. The van der Waals surface area contributed by atoms with E-state index in [0.717, 1.165) is 28.6 Å². The quantitative estimate of drug-likeness (QED) is 0.122. The number of nitrogens with zero attached hydrogens (tertiary/aromatic N) is 24. The Labute approximate surface area is 652 Å². The average molecular weight is 1880 g/mol. The van der Waals surface area contributed by atoms with Crippen LogP contribution < -0.4 is 30.6 Å². The van der Waals surface area contributed by atoms with Crippen LogP contribution in [0.1, 0.15) is 200 Å². The first-order valence-corrected chi connectivity index (χ1v) is 29.3. The van der Waals surface area contributed by atoms with Crippen LogP contribution in [0.2, 0.25) is 0 Å². The second-order valence-electron chi connectivity index (χ2n) is 28.6. The molecule has 0 unspecified atom stereocenters. The molecule has 96 heavy (non-hydrogen) atoms. The van der Waals surface area contributed by atoms with E-state index in [1.807, 2.05) is 166 Å². The molecule has 12 heterocycles. The molecule has 0 bridgehead atoms. The van der Waals surface area contributed by atoms with Gasteiger partial charge in [-0.15, -0.1) is 0 Å². The fourth-order valence-electron chi connectivity index (χ4n) is 8.84. The van der Waals surface area contributed by atoms with Crippen LogP contribution in [0.3, 0.4) is 0 Å². The molecule has 0 atom stereocenters. The first kappa shape index (κ1) is 89.3. The van der Waals surface area contributed by atoms with Crippen LogP contribution in [-0.4, -0.2) is 161 Å². The predicted molar refractivity (Wildman–Crippen MR) is 335 cm³/mol. The molecule has 0 aliphatic carbocycles. The van der Waals surface area contributed by atoms with Gasteiger partial charge in [-0.25, -0.2) is 0 Å². The van der Waals surface area contributed by atoms with E-state index in [1.54, 1.807) is 73.6 Å². The first-order valence-electron chi connectivity index (χ1n) is 29.3. The van der Waals surface area contributed by atoms with Gasteiger partial charge in [0, 0.05) is 159 Å². The molecule has 6 aromatic rings. The van der Waals surface area contributed by atoms with Crippen LogP contribution in [0.4, 0.5) is 0 Å². The normalized spacial score (nSPS) is 21.5. The summed E-state index contributed by atoms with van der Waals surface area (Å²) in [5.74, 6) is 2.26. The number of aromatic nitrogens is 12. The summed E-state index contributed by atoms with van der Waals surface area (Å²) in [6.45, 7) is 45.9. The molecule has 6 aliphatic rings. The molecule has 6 aromatic heterocycles. The maximum atomic E-state index is 12.1. The van der Waals surface area contributed by atoms with Crippen LogP contribution in [0.5, 0.6) is 0 Å². The number of nitroso groups, excluding NO2 is 6. The van der Waals surface area contributed by atoms with Crippen molar-refractivity contribution in [1.82, 2.24) is 61.2 Å². The molecule has 6 radical (unpaired) electrons. The second-order valence-corrected chi connectivity index (χ2v) is 28.6. The van der Waals surface area contributed by atoms with Crippen LogP contribution in [0, 0.1) is 29.4 Å². The smallest absolute Gasteiger partial charge is 0.381 e. The minimum Gasteiger partial charge on any atom is -0.581 e. The van der Waals surface area contributed by atoms with Crippen molar-refractivity contribution in [2.75, 3.05) is 0 Å². The van der Waals surface area contributed by atoms with Crippen molar-refractivity contribution in [2.24, 2.45) is 30.0 Å². The molecular formula is C60H84Ag6N24O6. The van der Waals surface area contributed by atoms with Crippen molar-refractivity contribution >= 4 is 35.0 Å². The largest absolute Gasteiger partial charge is 0.581 e. The Balaban J connectivity index is 0.000000569. The summed E-state index contributed by atoms with van der Waals surface area (Å²) in [7, 11) is 0. The molecule has 12 rings (SSSR count). The van der Waals surface area contributed by atoms with Crippen molar-refractivity contribution in [3.63, 3.8) is 0 Å². The fraction of sp³-hybridized carbons (Fsp3) is 0.600. The predicted octanol–water partition coefficient (Wildman–Crippen LogP) is 6.80. The van der Waals surface area contributed by atoms with Gasteiger partial charge in [0.1, 0.15) is 11.4 Å². The summed E-state index contributed by atoms with van der Waals surface area (Å²) in [6, 6.07) is 10.2. The Hall–Kier alpha value is -4.68. The van der Waals surface area contributed by atoms with Gasteiger partial charge in [0.15, 0.2) is 66.5 Å². The Kier molecular flexibility index (Phi) is 29.3. The van der Waals surface area contributed by atoms with E-state index in [9.17, 15) is 29.4 Å². The van der Waals surface area contributed by atoms with Gasteiger partial charge in [-0.2, -0.15) is 12.4 Å². The van der Waals surface area contributed by atoms with Crippen LogP contribution in [0.15, 0.2) is 104 Å². The van der Waals surface area contributed by atoms with Gasteiger partial charge in [0.2, 0.25) is 0 Å². The van der Waals surface area contributed by atoms with E-state index in [-0.39, 0.29) is 134 Å². The van der Waals surface area contributed by atoms with Crippen molar-refractivity contribution in [3.05, 3.63) is 137 Å².